The van der Waals surface area contributed by atoms with Crippen molar-refractivity contribution in [3.63, 3.8) is 0 Å². The van der Waals surface area contributed by atoms with Gasteiger partial charge < -0.3 is 5.32 Å². The molecule has 0 aromatic heterocycles. The van der Waals surface area contributed by atoms with Gasteiger partial charge in [0.25, 0.3) is 0 Å². The maximum atomic E-state index is 3.35. The van der Waals surface area contributed by atoms with Crippen LogP contribution in [0.2, 0.25) is 0 Å². The van der Waals surface area contributed by atoms with E-state index in [1.165, 1.54) is 38.6 Å². The smallest absolute Gasteiger partial charge is 0.000480 e. The molecule has 0 heterocycles. The minimum atomic E-state index is 0.631. The third-order valence-electron chi connectivity index (χ3n) is 3.49. The molecular formula is C11H23N. The molecule has 2 atom stereocenters. The average molecular weight is 169 g/mol. The number of hydrogen-bond donors (Lipinski definition) is 1. The molecule has 1 nitrogen and oxygen atoms in total. The van der Waals surface area contributed by atoms with Gasteiger partial charge in [0, 0.05) is 6.54 Å². The Kier molecular flexibility index (Phi) is 3.57. The molecule has 0 aromatic carbocycles. The summed E-state index contributed by atoms with van der Waals surface area (Å²) in [7, 11) is 2.08. The van der Waals surface area contributed by atoms with Crippen molar-refractivity contribution >= 4 is 0 Å². The minimum absolute atomic E-state index is 0.631. The molecule has 0 amide bonds. The van der Waals surface area contributed by atoms with Crippen molar-refractivity contribution < 1.29 is 0 Å². The quantitative estimate of drug-likeness (QED) is 0.685. The van der Waals surface area contributed by atoms with E-state index in [1.807, 2.05) is 0 Å². The monoisotopic (exact) mass is 169 g/mol. The summed E-state index contributed by atoms with van der Waals surface area (Å²) in [6.45, 7) is 5.96. The molecule has 1 fully saturated rings. The largest absolute Gasteiger partial charge is 0.319 e. The molecule has 0 saturated heterocycles. The standard InChI is InChI=1S/C11H23N/c1-4-11(9-12-3)7-5-6-10(2)8-11/h10,12H,4-9H2,1-3H3. The lowest BCUT2D eigenvalue weighted by Gasteiger charge is -2.39. The normalized spacial score (nSPS) is 36.8. The summed E-state index contributed by atoms with van der Waals surface area (Å²) in [6.07, 6.45) is 7.11. The summed E-state index contributed by atoms with van der Waals surface area (Å²) in [5.74, 6) is 0.951. The first-order valence-corrected chi connectivity index (χ1v) is 5.37. The van der Waals surface area contributed by atoms with Crippen molar-refractivity contribution in [1.82, 2.24) is 5.32 Å². The van der Waals surface area contributed by atoms with Crippen molar-refractivity contribution in [2.75, 3.05) is 13.6 Å². The Morgan fingerprint density at radius 2 is 2.25 bits per heavy atom. The fourth-order valence-electron chi connectivity index (χ4n) is 2.75. The van der Waals surface area contributed by atoms with Gasteiger partial charge in [0.15, 0.2) is 0 Å². The Morgan fingerprint density at radius 3 is 2.75 bits per heavy atom. The molecule has 0 aromatic rings. The van der Waals surface area contributed by atoms with E-state index in [9.17, 15) is 0 Å². The Hall–Kier alpha value is -0.0400. The topological polar surface area (TPSA) is 12.0 Å². The molecule has 1 heteroatoms. The second kappa shape index (κ2) is 4.27. The summed E-state index contributed by atoms with van der Waals surface area (Å²) in [4.78, 5) is 0. The van der Waals surface area contributed by atoms with Crippen LogP contribution in [0.1, 0.15) is 46.0 Å². The van der Waals surface area contributed by atoms with Crippen molar-refractivity contribution in [1.29, 1.82) is 0 Å². The molecule has 1 rings (SSSR count). The lowest BCUT2D eigenvalue weighted by molar-refractivity contribution is 0.139. The predicted molar refractivity (Wildman–Crippen MR) is 54.3 cm³/mol. The van der Waals surface area contributed by atoms with Gasteiger partial charge in [-0.2, -0.15) is 0 Å². The van der Waals surface area contributed by atoms with E-state index in [0.29, 0.717) is 5.41 Å². The van der Waals surface area contributed by atoms with Crippen molar-refractivity contribution in [2.45, 2.75) is 46.0 Å². The van der Waals surface area contributed by atoms with E-state index < -0.39 is 0 Å². The predicted octanol–water partition coefficient (Wildman–Crippen LogP) is 2.81. The third kappa shape index (κ3) is 2.22. The van der Waals surface area contributed by atoms with Crippen LogP contribution < -0.4 is 5.32 Å². The zero-order valence-electron chi connectivity index (χ0n) is 8.82. The third-order valence-corrected chi connectivity index (χ3v) is 3.49. The highest BCUT2D eigenvalue weighted by molar-refractivity contribution is 4.85. The minimum Gasteiger partial charge on any atom is -0.319 e. The van der Waals surface area contributed by atoms with E-state index in [-0.39, 0.29) is 0 Å². The first-order chi connectivity index (χ1) is 5.72. The van der Waals surface area contributed by atoms with Gasteiger partial charge in [-0.1, -0.05) is 26.7 Å². The van der Waals surface area contributed by atoms with Crippen LogP contribution in [0.5, 0.6) is 0 Å². The molecule has 1 saturated carbocycles. The Bertz CT molecular complexity index is 129. The Morgan fingerprint density at radius 1 is 1.50 bits per heavy atom. The van der Waals surface area contributed by atoms with E-state index in [0.717, 1.165) is 5.92 Å². The molecule has 1 N–H and O–H groups in total. The van der Waals surface area contributed by atoms with Crippen LogP contribution in [0.15, 0.2) is 0 Å². The number of nitrogens with one attached hydrogen (secondary N) is 1. The first kappa shape index (κ1) is 10.0. The van der Waals surface area contributed by atoms with E-state index >= 15 is 0 Å². The SMILES string of the molecule is CCC1(CNC)CCCC(C)C1. The van der Waals surface area contributed by atoms with Crippen LogP contribution in [0, 0.1) is 11.3 Å². The van der Waals surface area contributed by atoms with Crippen molar-refractivity contribution in [2.24, 2.45) is 11.3 Å². The molecule has 2 unspecified atom stereocenters. The highest BCUT2D eigenvalue weighted by Crippen LogP contribution is 2.41. The lowest BCUT2D eigenvalue weighted by atomic mass is 9.68. The van der Waals surface area contributed by atoms with E-state index in [1.54, 1.807) is 0 Å². The van der Waals surface area contributed by atoms with Gasteiger partial charge in [0.2, 0.25) is 0 Å². The van der Waals surface area contributed by atoms with Gasteiger partial charge in [0.05, 0.1) is 0 Å². The van der Waals surface area contributed by atoms with Gasteiger partial charge in [0.1, 0.15) is 0 Å². The van der Waals surface area contributed by atoms with Crippen LogP contribution in [0.3, 0.4) is 0 Å². The molecule has 1 aliphatic carbocycles. The fraction of sp³-hybridized carbons (Fsp3) is 1.00. The van der Waals surface area contributed by atoms with Gasteiger partial charge in [-0.3, -0.25) is 0 Å². The van der Waals surface area contributed by atoms with Gasteiger partial charge in [-0.15, -0.1) is 0 Å². The lowest BCUT2D eigenvalue weighted by Crippen LogP contribution is -2.36. The van der Waals surface area contributed by atoms with Crippen molar-refractivity contribution in [3.8, 4) is 0 Å². The molecule has 12 heavy (non-hydrogen) atoms. The Labute approximate surface area is 76.9 Å². The van der Waals surface area contributed by atoms with Crippen LogP contribution in [-0.2, 0) is 0 Å². The number of rotatable bonds is 3. The fourth-order valence-corrected chi connectivity index (χ4v) is 2.75. The molecule has 0 radical (unpaired) electrons. The molecule has 0 spiro atoms. The average Bonchev–Trinajstić information content (AvgIpc) is 2.05. The summed E-state index contributed by atoms with van der Waals surface area (Å²) in [5.41, 5.74) is 0.631. The second-order valence-corrected chi connectivity index (χ2v) is 4.59. The van der Waals surface area contributed by atoms with E-state index in [2.05, 4.69) is 26.2 Å². The first-order valence-electron chi connectivity index (χ1n) is 5.37. The summed E-state index contributed by atoms with van der Waals surface area (Å²) < 4.78 is 0. The molecular weight excluding hydrogens is 146 g/mol. The molecule has 72 valence electrons. The maximum Gasteiger partial charge on any atom is 0.000480 e. The van der Waals surface area contributed by atoms with Gasteiger partial charge in [-0.25, -0.2) is 0 Å². The molecule has 1 aliphatic rings. The summed E-state index contributed by atoms with van der Waals surface area (Å²) in [5, 5.41) is 3.35. The van der Waals surface area contributed by atoms with Crippen LogP contribution >= 0.6 is 0 Å². The van der Waals surface area contributed by atoms with Crippen molar-refractivity contribution in [3.05, 3.63) is 0 Å². The summed E-state index contributed by atoms with van der Waals surface area (Å²) >= 11 is 0. The molecule has 0 bridgehead atoms. The highest BCUT2D eigenvalue weighted by atomic mass is 14.8. The zero-order valence-corrected chi connectivity index (χ0v) is 8.82. The second-order valence-electron chi connectivity index (χ2n) is 4.59. The van der Waals surface area contributed by atoms with Gasteiger partial charge >= 0.3 is 0 Å². The van der Waals surface area contributed by atoms with Gasteiger partial charge in [-0.05, 0) is 37.6 Å². The highest BCUT2D eigenvalue weighted by Gasteiger charge is 2.32. The molecule has 0 aliphatic heterocycles. The number of hydrogen-bond acceptors (Lipinski definition) is 1. The summed E-state index contributed by atoms with van der Waals surface area (Å²) in [6, 6.07) is 0. The Balaban J connectivity index is 2.51. The maximum absolute atomic E-state index is 3.35. The van der Waals surface area contributed by atoms with Crippen LogP contribution in [0.4, 0.5) is 0 Å². The van der Waals surface area contributed by atoms with Crippen LogP contribution in [0.25, 0.3) is 0 Å². The van der Waals surface area contributed by atoms with Crippen LogP contribution in [-0.4, -0.2) is 13.6 Å². The van der Waals surface area contributed by atoms with E-state index in [4.69, 9.17) is 0 Å². The zero-order chi connectivity index (χ0) is 9.03.